The van der Waals surface area contributed by atoms with Gasteiger partial charge in [-0.25, -0.2) is 0 Å². The highest BCUT2D eigenvalue weighted by Crippen LogP contribution is 2.28. The Balaban J connectivity index is 1.83. The minimum Gasteiger partial charge on any atom is -0.460 e. The fourth-order valence-electron chi connectivity index (χ4n) is 2.48. The van der Waals surface area contributed by atoms with Gasteiger partial charge in [-0.2, -0.15) is 5.10 Å². The van der Waals surface area contributed by atoms with Crippen LogP contribution >= 0.6 is 11.8 Å². The normalized spacial score (nSPS) is 19.0. The third-order valence-electron chi connectivity index (χ3n) is 3.44. The molecule has 2 heterocycles. The summed E-state index contributed by atoms with van der Waals surface area (Å²) in [5.41, 5.74) is 0.384. The maximum absolute atomic E-state index is 12.6. The lowest BCUT2D eigenvalue weighted by atomic mass is 10.1. The van der Waals surface area contributed by atoms with E-state index < -0.39 is 5.60 Å². The average molecular weight is 339 g/mol. The van der Waals surface area contributed by atoms with E-state index in [0.717, 1.165) is 25.1 Å². The van der Waals surface area contributed by atoms with Gasteiger partial charge >= 0.3 is 5.97 Å². The first-order valence-electron chi connectivity index (χ1n) is 7.90. The number of nitrogens with zero attached hydrogens (tertiary/aromatic N) is 3. The summed E-state index contributed by atoms with van der Waals surface area (Å²) in [6.45, 7) is 6.30. The molecule has 0 radical (unpaired) electrons. The summed E-state index contributed by atoms with van der Waals surface area (Å²) >= 11 is 1.55. The number of aromatic nitrogens is 2. The number of hydrogen-bond donors (Lipinski definition) is 0. The van der Waals surface area contributed by atoms with Gasteiger partial charge in [0.2, 0.25) is 5.91 Å². The van der Waals surface area contributed by atoms with E-state index in [1.54, 1.807) is 27.5 Å². The molecule has 0 bridgehead atoms. The van der Waals surface area contributed by atoms with E-state index >= 15 is 0 Å². The van der Waals surface area contributed by atoms with Crippen LogP contribution in [0.25, 0.3) is 0 Å². The van der Waals surface area contributed by atoms with Gasteiger partial charge in [0.25, 0.3) is 0 Å². The highest BCUT2D eigenvalue weighted by Gasteiger charge is 2.30. The fraction of sp³-hybridized carbons (Fsp3) is 0.688. The van der Waals surface area contributed by atoms with Crippen LogP contribution in [0.3, 0.4) is 0 Å². The first-order chi connectivity index (χ1) is 10.8. The fourth-order valence-corrected chi connectivity index (χ4v) is 3.65. The van der Waals surface area contributed by atoms with Crippen LogP contribution < -0.4 is 4.90 Å². The van der Waals surface area contributed by atoms with E-state index in [0.29, 0.717) is 12.2 Å². The minimum absolute atomic E-state index is 0.0913. The van der Waals surface area contributed by atoms with Gasteiger partial charge < -0.3 is 9.64 Å². The van der Waals surface area contributed by atoms with Gasteiger partial charge in [0, 0.05) is 25.5 Å². The smallest absolute Gasteiger partial charge is 0.307 e. The van der Waals surface area contributed by atoms with Crippen molar-refractivity contribution in [1.29, 1.82) is 0 Å². The molecule has 0 aromatic carbocycles. The van der Waals surface area contributed by atoms with E-state index in [2.05, 4.69) is 5.10 Å². The lowest BCUT2D eigenvalue weighted by Gasteiger charge is -2.31. The van der Waals surface area contributed by atoms with Gasteiger partial charge in [-0.3, -0.25) is 14.3 Å². The van der Waals surface area contributed by atoms with Crippen molar-refractivity contribution in [3.63, 3.8) is 0 Å². The summed E-state index contributed by atoms with van der Waals surface area (Å²) in [5, 5.41) is 4.03. The topological polar surface area (TPSA) is 64.4 Å². The van der Waals surface area contributed by atoms with Crippen molar-refractivity contribution in [1.82, 2.24) is 9.78 Å². The predicted octanol–water partition coefficient (Wildman–Crippen LogP) is 2.38. The van der Waals surface area contributed by atoms with Crippen LogP contribution in [-0.2, 0) is 21.4 Å². The quantitative estimate of drug-likeness (QED) is 0.771. The van der Waals surface area contributed by atoms with Crippen molar-refractivity contribution in [3.8, 4) is 0 Å². The van der Waals surface area contributed by atoms with E-state index in [9.17, 15) is 9.59 Å². The highest BCUT2D eigenvalue weighted by atomic mass is 32.2. The molecule has 1 fully saturated rings. The summed E-state index contributed by atoms with van der Waals surface area (Å²) in [5.74, 6) is 0.502. The van der Waals surface area contributed by atoms with Gasteiger partial charge in [0.1, 0.15) is 5.60 Å². The molecular formula is C16H25N3O3S. The lowest BCUT2D eigenvalue weighted by Crippen LogP contribution is -2.43. The Morgan fingerprint density at radius 3 is 2.83 bits per heavy atom. The molecule has 0 aliphatic carbocycles. The molecule has 0 spiro atoms. The summed E-state index contributed by atoms with van der Waals surface area (Å²) in [6, 6.07) is 0. The molecule has 1 saturated heterocycles. The molecule has 0 unspecified atom stereocenters. The highest BCUT2D eigenvalue weighted by molar-refractivity contribution is 8.00. The molecule has 1 aromatic heterocycles. The van der Waals surface area contributed by atoms with E-state index in [1.165, 1.54) is 0 Å². The molecule has 0 N–H and O–H groups in total. The van der Waals surface area contributed by atoms with Crippen LogP contribution in [0.15, 0.2) is 12.4 Å². The molecular weight excluding hydrogens is 314 g/mol. The second-order valence-corrected chi connectivity index (χ2v) is 8.01. The Labute approximate surface area is 141 Å². The second kappa shape index (κ2) is 7.38. The second-order valence-electron chi connectivity index (χ2n) is 6.70. The van der Waals surface area contributed by atoms with E-state index in [4.69, 9.17) is 4.74 Å². The number of esters is 1. The Morgan fingerprint density at radius 1 is 1.48 bits per heavy atom. The summed E-state index contributed by atoms with van der Waals surface area (Å²) in [4.78, 5) is 26.1. The number of carbonyl (C=O) groups is 2. The number of aryl methyl sites for hydroxylation is 1. The van der Waals surface area contributed by atoms with Crippen LogP contribution in [0, 0.1) is 0 Å². The molecule has 23 heavy (non-hydrogen) atoms. The maximum atomic E-state index is 12.6. The molecule has 2 rings (SSSR count). The van der Waals surface area contributed by atoms with Crippen molar-refractivity contribution >= 4 is 29.3 Å². The zero-order chi connectivity index (χ0) is 17.0. The molecule has 128 valence electrons. The van der Waals surface area contributed by atoms with E-state index in [-0.39, 0.29) is 17.1 Å². The SMILES string of the molecule is Cn1cc(N2CCC[C@@H](SCCC(=O)OC(C)(C)C)C2=O)cn1. The largest absolute Gasteiger partial charge is 0.460 e. The van der Waals surface area contributed by atoms with Crippen LogP contribution in [0.5, 0.6) is 0 Å². The number of thioether (sulfide) groups is 1. The van der Waals surface area contributed by atoms with Gasteiger partial charge in [-0.05, 0) is 33.6 Å². The number of ether oxygens (including phenoxy) is 1. The number of anilines is 1. The number of amides is 1. The van der Waals surface area contributed by atoms with Gasteiger partial charge in [-0.1, -0.05) is 0 Å². The number of rotatable bonds is 5. The zero-order valence-electron chi connectivity index (χ0n) is 14.2. The third-order valence-corrected chi connectivity index (χ3v) is 4.72. The van der Waals surface area contributed by atoms with Crippen LogP contribution in [0.4, 0.5) is 5.69 Å². The van der Waals surface area contributed by atoms with Crippen molar-refractivity contribution in [2.24, 2.45) is 7.05 Å². The van der Waals surface area contributed by atoms with Crippen LogP contribution in [-0.4, -0.2) is 44.8 Å². The summed E-state index contributed by atoms with van der Waals surface area (Å²) in [7, 11) is 1.84. The number of hydrogen-bond acceptors (Lipinski definition) is 5. The van der Waals surface area contributed by atoms with Crippen LogP contribution in [0.1, 0.15) is 40.0 Å². The summed E-state index contributed by atoms with van der Waals surface area (Å²) in [6.07, 6.45) is 5.72. The van der Waals surface area contributed by atoms with Crippen molar-refractivity contribution in [2.45, 2.75) is 50.9 Å². The molecule has 7 heteroatoms. The maximum Gasteiger partial charge on any atom is 0.307 e. The van der Waals surface area contributed by atoms with Crippen molar-refractivity contribution < 1.29 is 14.3 Å². The zero-order valence-corrected chi connectivity index (χ0v) is 15.1. The Bertz CT molecular complexity index is 565. The molecule has 6 nitrogen and oxygen atoms in total. The monoisotopic (exact) mass is 339 g/mol. The third kappa shape index (κ3) is 5.27. The number of carbonyl (C=O) groups excluding carboxylic acids is 2. The molecule has 1 atom stereocenters. The molecule has 0 saturated carbocycles. The molecule has 1 aromatic rings. The van der Waals surface area contributed by atoms with Crippen molar-refractivity contribution in [2.75, 3.05) is 17.2 Å². The Kier molecular flexibility index (Phi) is 5.73. The molecule has 1 amide bonds. The van der Waals surface area contributed by atoms with Crippen molar-refractivity contribution in [3.05, 3.63) is 12.4 Å². The van der Waals surface area contributed by atoms with Crippen LogP contribution in [0.2, 0.25) is 0 Å². The first kappa shape index (κ1) is 17.8. The molecule has 1 aliphatic heterocycles. The van der Waals surface area contributed by atoms with Gasteiger partial charge in [0.05, 0.1) is 23.6 Å². The Morgan fingerprint density at radius 2 is 2.22 bits per heavy atom. The lowest BCUT2D eigenvalue weighted by molar-refractivity contribution is -0.154. The standard InChI is InChI=1S/C16H25N3O3S/c1-16(2,3)22-14(20)7-9-23-13-6-5-8-19(15(13)21)12-10-17-18(4)11-12/h10-11,13H,5-9H2,1-4H3/t13-/m1/s1. The predicted molar refractivity (Wildman–Crippen MR) is 91.5 cm³/mol. The van der Waals surface area contributed by atoms with E-state index in [1.807, 2.05) is 34.0 Å². The molecule has 1 aliphatic rings. The van der Waals surface area contributed by atoms with Gasteiger partial charge in [-0.15, -0.1) is 11.8 Å². The Hall–Kier alpha value is -1.50. The van der Waals surface area contributed by atoms with Gasteiger partial charge in [0.15, 0.2) is 0 Å². The average Bonchev–Trinajstić information content (AvgIpc) is 2.85. The summed E-state index contributed by atoms with van der Waals surface area (Å²) < 4.78 is 6.98. The first-order valence-corrected chi connectivity index (χ1v) is 8.94. The number of piperidine rings is 1. The minimum atomic E-state index is -0.459.